The Morgan fingerprint density at radius 3 is 2.48 bits per heavy atom. The maximum Gasteiger partial charge on any atom is 0.304 e. The second-order valence-corrected chi connectivity index (χ2v) is 7.45. The monoisotopic (exact) mass is 306 g/mol. The summed E-state index contributed by atoms with van der Waals surface area (Å²) in [4.78, 5) is 11.0. The van der Waals surface area contributed by atoms with Crippen LogP contribution >= 0.6 is 11.6 Å². The van der Waals surface area contributed by atoms with Gasteiger partial charge >= 0.3 is 5.97 Å². The lowest BCUT2D eigenvalue weighted by molar-refractivity contribution is -0.137. The lowest BCUT2D eigenvalue weighted by Crippen LogP contribution is -2.14. The van der Waals surface area contributed by atoms with Gasteiger partial charge in [0.2, 0.25) is 0 Å². The minimum absolute atomic E-state index is 0.144. The Balaban J connectivity index is 1.79. The van der Waals surface area contributed by atoms with Crippen LogP contribution in [0.4, 0.5) is 0 Å². The van der Waals surface area contributed by atoms with Gasteiger partial charge in [0.25, 0.3) is 0 Å². The molecule has 1 aromatic rings. The third-order valence-corrected chi connectivity index (χ3v) is 5.74. The molecule has 1 N–H and O–H groups in total. The molecule has 2 aliphatic carbocycles. The van der Waals surface area contributed by atoms with Gasteiger partial charge in [0, 0.05) is 10.4 Å². The number of benzene rings is 1. The van der Waals surface area contributed by atoms with E-state index < -0.39 is 5.97 Å². The lowest BCUT2D eigenvalue weighted by atomic mass is 9.79. The number of rotatable bonds is 4. The van der Waals surface area contributed by atoms with Crippen molar-refractivity contribution in [3.8, 4) is 0 Å². The van der Waals surface area contributed by atoms with E-state index in [1.54, 1.807) is 0 Å². The van der Waals surface area contributed by atoms with Crippen molar-refractivity contribution in [2.24, 2.45) is 5.92 Å². The lowest BCUT2D eigenvalue weighted by Gasteiger charge is -2.27. The molecule has 1 aromatic carbocycles. The Bertz CT molecular complexity index is 540. The fourth-order valence-corrected chi connectivity index (χ4v) is 4.10. The molecule has 2 aliphatic rings. The molecule has 0 aliphatic heterocycles. The molecule has 114 valence electrons. The van der Waals surface area contributed by atoms with Gasteiger partial charge in [-0.05, 0) is 54.7 Å². The molecule has 0 spiro atoms. The molecule has 0 bridgehead atoms. The van der Waals surface area contributed by atoms with E-state index in [1.807, 2.05) is 6.07 Å². The maximum absolute atomic E-state index is 11.0. The normalized spacial score (nSPS) is 27.3. The van der Waals surface area contributed by atoms with Gasteiger partial charge in [-0.3, -0.25) is 4.79 Å². The summed E-state index contributed by atoms with van der Waals surface area (Å²) in [6.07, 6.45) is 7.17. The van der Waals surface area contributed by atoms with Crippen LogP contribution in [0.5, 0.6) is 0 Å². The van der Waals surface area contributed by atoms with Gasteiger partial charge in [0.15, 0.2) is 0 Å². The van der Waals surface area contributed by atoms with Gasteiger partial charge in [-0.25, -0.2) is 0 Å². The molecule has 0 unspecified atom stereocenters. The van der Waals surface area contributed by atoms with Crippen molar-refractivity contribution in [2.45, 2.75) is 63.2 Å². The topological polar surface area (TPSA) is 37.3 Å². The molecule has 2 fully saturated rings. The largest absolute Gasteiger partial charge is 0.481 e. The molecule has 3 heteroatoms. The van der Waals surface area contributed by atoms with Crippen molar-refractivity contribution in [1.82, 2.24) is 0 Å². The number of carboxylic acid groups (broad SMARTS) is 1. The Hall–Kier alpha value is -1.02. The van der Waals surface area contributed by atoms with E-state index in [2.05, 4.69) is 19.1 Å². The van der Waals surface area contributed by atoms with Crippen LogP contribution in [0, 0.1) is 5.92 Å². The van der Waals surface area contributed by atoms with E-state index >= 15 is 0 Å². The fourth-order valence-electron chi connectivity index (χ4n) is 3.77. The molecule has 0 heterocycles. The van der Waals surface area contributed by atoms with Crippen LogP contribution < -0.4 is 0 Å². The first-order chi connectivity index (χ1) is 10.00. The molecule has 0 aromatic heterocycles. The summed E-state index contributed by atoms with van der Waals surface area (Å²) in [6, 6.07) is 6.31. The van der Waals surface area contributed by atoms with Gasteiger partial charge < -0.3 is 5.11 Å². The summed E-state index contributed by atoms with van der Waals surface area (Å²) in [5, 5.41) is 9.91. The molecule has 2 nitrogen and oxygen atoms in total. The van der Waals surface area contributed by atoms with Gasteiger partial charge in [-0.1, -0.05) is 43.5 Å². The Labute approximate surface area is 131 Å². The molecule has 0 amide bonds. The van der Waals surface area contributed by atoms with Gasteiger partial charge in [-0.15, -0.1) is 0 Å². The molecule has 2 saturated carbocycles. The maximum atomic E-state index is 11.0. The van der Waals surface area contributed by atoms with E-state index in [0.717, 1.165) is 29.3 Å². The first kappa shape index (κ1) is 14.9. The van der Waals surface area contributed by atoms with E-state index in [9.17, 15) is 4.79 Å². The SMILES string of the molecule is CC1CCC(c2ccc(C3(CC(=O)O)CC3)cc2Cl)CC1. The van der Waals surface area contributed by atoms with E-state index in [4.69, 9.17) is 16.7 Å². The second kappa shape index (κ2) is 5.64. The van der Waals surface area contributed by atoms with Crippen molar-refractivity contribution < 1.29 is 9.90 Å². The summed E-state index contributed by atoms with van der Waals surface area (Å²) in [7, 11) is 0. The van der Waals surface area contributed by atoms with Crippen LogP contribution in [0.2, 0.25) is 5.02 Å². The average Bonchev–Trinajstić information content (AvgIpc) is 3.20. The quantitative estimate of drug-likeness (QED) is 0.836. The zero-order valence-corrected chi connectivity index (χ0v) is 13.3. The molecular formula is C18H23ClO2. The standard InChI is InChI=1S/C18H23ClO2/c1-12-2-4-13(5-3-12)15-7-6-14(10-16(15)19)18(8-9-18)11-17(20)21/h6-7,10,12-13H,2-5,8-9,11H2,1H3,(H,20,21). The first-order valence-electron chi connectivity index (χ1n) is 8.02. The highest BCUT2D eigenvalue weighted by molar-refractivity contribution is 6.31. The van der Waals surface area contributed by atoms with Crippen LogP contribution in [-0.4, -0.2) is 11.1 Å². The third-order valence-electron chi connectivity index (χ3n) is 5.41. The third kappa shape index (κ3) is 3.11. The average molecular weight is 307 g/mol. The van der Waals surface area contributed by atoms with Gasteiger partial charge in [0.1, 0.15) is 0 Å². The van der Waals surface area contributed by atoms with Crippen molar-refractivity contribution >= 4 is 17.6 Å². The number of halogens is 1. The predicted molar refractivity (Wildman–Crippen MR) is 85.0 cm³/mol. The summed E-state index contributed by atoms with van der Waals surface area (Å²) >= 11 is 6.52. The number of aliphatic carboxylic acids is 1. The highest BCUT2D eigenvalue weighted by Gasteiger charge is 2.46. The van der Waals surface area contributed by atoms with Gasteiger partial charge in [-0.2, -0.15) is 0 Å². The van der Waals surface area contributed by atoms with Crippen molar-refractivity contribution in [3.63, 3.8) is 0 Å². The predicted octanol–water partition coefficient (Wildman–Crippen LogP) is 5.14. The highest BCUT2D eigenvalue weighted by Crippen LogP contribution is 2.52. The molecule has 3 rings (SSSR count). The van der Waals surface area contributed by atoms with E-state index in [0.29, 0.717) is 5.92 Å². The minimum atomic E-state index is -0.714. The number of hydrogen-bond donors (Lipinski definition) is 1. The first-order valence-corrected chi connectivity index (χ1v) is 8.40. The second-order valence-electron chi connectivity index (χ2n) is 7.04. The van der Waals surface area contributed by atoms with Gasteiger partial charge in [0.05, 0.1) is 6.42 Å². The minimum Gasteiger partial charge on any atom is -0.481 e. The van der Waals surface area contributed by atoms with E-state index in [1.165, 1.54) is 31.2 Å². The number of carboxylic acids is 1. The Kier molecular flexibility index (Phi) is 4.00. The van der Waals surface area contributed by atoms with Crippen LogP contribution in [0.25, 0.3) is 0 Å². The fraction of sp³-hybridized carbons (Fsp3) is 0.611. The summed E-state index contributed by atoms with van der Waals surface area (Å²) in [5.74, 6) is 0.705. The van der Waals surface area contributed by atoms with Crippen molar-refractivity contribution in [3.05, 3.63) is 34.3 Å². The molecule has 0 atom stereocenters. The molecule has 0 radical (unpaired) electrons. The zero-order chi connectivity index (χ0) is 15.0. The molecule has 0 saturated heterocycles. The van der Waals surface area contributed by atoms with Crippen molar-refractivity contribution in [1.29, 1.82) is 0 Å². The van der Waals surface area contributed by atoms with Crippen LogP contribution in [-0.2, 0) is 10.2 Å². The summed E-state index contributed by atoms with van der Waals surface area (Å²) in [6.45, 7) is 2.32. The molecular weight excluding hydrogens is 284 g/mol. The van der Waals surface area contributed by atoms with Crippen LogP contribution in [0.1, 0.15) is 68.9 Å². The Morgan fingerprint density at radius 1 is 1.29 bits per heavy atom. The number of carbonyl (C=O) groups is 1. The zero-order valence-electron chi connectivity index (χ0n) is 12.6. The summed E-state index contributed by atoms with van der Waals surface area (Å²) < 4.78 is 0. The van der Waals surface area contributed by atoms with Crippen LogP contribution in [0.15, 0.2) is 18.2 Å². The Morgan fingerprint density at radius 2 is 1.95 bits per heavy atom. The van der Waals surface area contributed by atoms with Crippen molar-refractivity contribution in [2.75, 3.05) is 0 Å². The summed E-state index contributed by atoms with van der Waals surface area (Å²) in [5.41, 5.74) is 2.23. The van der Waals surface area contributed by atoms with Crippen LogP contribution in [0.3, 0.4) is 0 Å². The van der Waals surface area contributed by atoms with E-state index in [-0.39, 0.29) is 11.8 Å². The molecule has 21 heavy (non-hydrogen) atoms. The number of hydrogen-bond acceptors (Lipinski definition) is 1. The smallest absolute Gasteiger partial charge is 0.304 e. The highest BCUT2D eigenvalue weighted by atomic mass is 35.5.